The molecule has 23 heavy (non-hydrogen) atoms. The molecule has 0 spiro atoms. The zero-order chi connectivity index (χ0) is 16.6. The van der Waals surface area contributed by atoms with Crippen molar-refractivity contribution in [3.05, 3.63) is 64.8 Å². The molecule has 3 aromatic rings. The summed E-state index contributed by atoms with van der Waals surface area (Å²) in [6, 6.07) is 13.5. The van der Waals surface area contributed by atoms with Crippen molar-refractivity contribution in [2.75, 3.05) is 0 Å². The molecule has 0 bridgehead atoms. The highest BCUT2D eigenvalue weighted by Gasteiger charge is 2.25. The molecule has 0 saturated carbocycles. The Morgan fingerprint density at radius 3 is 2.26 bits per heavy atom. The van der Waals surface area contributed by atoms with Crippen LogP contribution in [-0.4, -0.2) is 27.1 Å². The molecule has 1 aromatic heterocycles. The minimum absolute atomic E-state index is 0.294. The molecule has 5 nitrogen and oxygen atoms in total. The van der Waals surface area contributed by atoms with Crippen molar-refractivity contribution in [2.24, 2.45) is 0 Å². The Bertz CT molecular complexity index is 938. The number of aromatic carboxylic acids is 2. The first-order valence-corrected chi connectivity index (χ1v) is 7.02. The largest absolute Gasteiger partial charge is 0.478 e. The number of hydrogen-bond donors (Lipinski definition) is 2. The standard InChI is InChI=1S/C17H10ClNO4/c18-10-6-7-12-11(8-10)13(9-4-2-1-3-5-9)14(16(20)21)15(19-12)17(22)23/h1-8H,(H,20,21)(H,22,23). The lowest BCUT2D eigenvalue weighted by Gasteiger charge is -2.13. The summed E-state index contributed by atoms with van der Waals surface area (Å²) in [5.74, 6) is -2.74. The Morgan fingerprint density at radius 2 is 1.65 bits per heavy atom. The number of carboxylic acid groups (broad SMARTS) is 2. The van der Waals surface area contributed by atoms with Crippen LogP contribution in [0.5, 0.6) is 0 Å². The Morgan fingerprint density at radius 1 is 0.957 bits per heavy atom. The van der Waals surface area contributed by atoms with Crippen LogP contribution in [0.4, 0.5) is 0 Å². The number of hydrogen-bond acceptors (Lipinski definition) is 3. The van der Waals surface area contributed by atoms with Gasteiger partial charge in [0.2, 0.25) is 0 Å². The van der Waals surface area contributed by atoms with Gasteiger partial charge in [0, 0.05) is 16.0 Å². The number of pyridine rings is 1. The van der Waals surface area contributed by atoms with Crippen LogP contribution in [0, 0.1) is 0 Å². The number of carbonyl (C=O) groups is 2. The highest BCUT2D eigenvalue weighted by atomic mass is 35.5. The van der Waals surface area contributed by atoms with Crippen molar-refractivity contribution in [2.45, 2.75) is 0 Å². The van der Waals surface area contributed by atoms with Gasteiger partial charge in [-0.15, -0.1) is 0 Å². The van der Waals surface area contributed by atoms with Crippen molar-refractivity contribution in [3.63, 3.8) is 0 Å². The quantitative estimate of drug-likeness (QED) is 0.760. The molecule has 1 heterocycles. The molecule has 0 atom stereocenters. The lowest BCUT2D eigenvalue weighted by atomic mass is 9.94. The second kappa shape index (κ2) is 5.70. The Balaban J connectivity index is 2.55. The van der Waals surface area contributed by atoms with E-state index in [-0.39, 0.29) is 5.56 Å². The molecule has 2 aromatic carbocycles. The van der Waals surface area contributed by atoms with Gasteiger partial charge in [0.1, 0.15) is 5.56 Å². The molecule has 0 aliphatic heterocycles. The molecular formula is C17H10ClNO4. The number of fused-ring (bicyclic) bond motifs is 1. The SMILES string of the molecule is O=C(O)c1nc2ccc(Cl)cc2c(-c2ccccc2)c1C(=O)O. The first-order valence-electron chi connectivity index (χ1n) is 6.64. The molecule has 114 valence electrons. The van der Waals surface area contributed by atoms with Gasteiger partial charge in [0.15, 0.2) is 5.69 Å². The summed E-state index contributed by atoms with van der Waals surface area (Å²) in [5.41, 5.74) is 0.408. The van der Waals surface area contributed by atoms with Crippen molar-refractivity contribution >= 4 is 34.4 Å². The van der Waals surface area contributed by atoms with Crippen LogP contribution in [-0.2, 0) is 0 Å². The first-order chi connectivity index (χ1) is 11.0. The highest BCUT2D eigenvalue weighted by Crippen LogP contribution is 2.34. The molecule has 0 saturated heterocycles. The fourth-order valence-corrected chi connectivity index (χ4v) is 2.68. The summed E-state index contributed by atoms with van der Waals surface area (Å²) in [6.45, 7) is 0. The van der Waals surface area contributed by atoms with Crippen LogP contribution in [0.15, 0.2) is 48.5 Å². The van der Waals surface area contributed by atoms with Crippen molar-refractivity contribution < 1.29 is 19.8 Å². The van der Waals surface area contributed by atoms with Crippen LogP contribution >= 0.6 is 11.6 Å². The van der Waals surface area contributed by atoms with Gasteiger partial charge >= 0.3 is 11.9 Å². The molecule has 3 rings (SSSR count). The van der Waals surface area contributed by atoms with Crippen LogP contribution in [0.25, 0.3) is 22.0 Å². The third kappa shape index (κ3) is 2.62. The van der Waals surface area contributed by atoms with Crippen LogP contribution in [0.1, 0.15) is 20.8 Å². The fraction of sp³-hybridized carbons (Fsp3) is 0. The predicted molar refractivity (Wildman–Crippen MR) is 86.1 cm³/mol. The summed E-state index contributed by atoms with van der Waals surface area (Å²) in [6.07, 6.45) is 0. The maximum absolute atomic E-state index is 11.7. The second-order valence-electron chi connectivity index (χ2n) is 4.85. The topological polar surface area (TPSA) is 87.5 Å². The van der Waals surface area contributed by atoms with E-state index in [0.717, 1.165) is 0 Å². The van der Waals surface area contributed by atoms with E-state index in [1.54, 1.807) is 48.5 Å². The molecule has 0 aliphatic rings. The molecule has 0 amide bonds. The number of carboxylic acids is 2. The van der Waals surface area contributed by atoms with Gasteiger partial charge < -0.3 is 10.2 Å². The third-order valence-electron chi connectivity index (χ3n) is 3.43. The van der Waals surface area contributed by atoms with Gasteiger partial charge in [0.25, 0.3) is 0 Å². The minimum Gasteiger partial charge on any atom is -0.478 e. The Hall–Kier alpha value is -2.92. The van der Waals surface area contributed by atoms with Gasteiger partial charge in [-0.1, -0.05) is 41.9 Å². The number of rotatable bonds is 3. The molecule has 6 heteroatoms. The third-order valence-corrected chi connectivity index (χ3v) is 3.66. The van der Waals surface area contributed by atoms with E-state index in [9.17, 15) is 19.8 Å². The molecule has 0 aliphatic carbocycles. The van der Waals surface area contributed by atoms with E-state index in [0.29, 0.717) is 27.1 Å². The van der Waals surface area contributed by atoms with Crippen molar-refractivity contribution in [3.8, 4) is 11.1 Å². The van der Waals surface area contributed by atoms with Gasteiger partial charge in [-0.3, -0.25) is 0 Å². The fourth-order valence-electron chi connectivity index (χ4n) is 2.50. The van der Waals surface area contributed by atoms with Gasteiger partial charge in [-0.25, -0.2) is 14.6 Å². The van der Waals surface area contributed by atoms with Gasteiger partial charge in [-0.2, -0.15) is 0 Å². The Kier molecular flexibility index (Phi) is 3.72. The smallest absolute Gasteiger partial charge is 0.355 e. The van der Waals surface area contributed by atoms with E-state index in [1.165, 1.54) is 0 Å². The maximum Gasteiger partial charge on any atom is 0.355 e. The molecule has 0 unspecified atom stereocenters. The lowest BCUT2D eigenvalue weighted by molar-refractivity contribution is 0.0647. The molecule has 0 radical (unpaired) electrons. The van der Waals surface area contributed by atoms with Crippen LogP contribution in [0.2, 0.25) is 5.02 Å². The normalized spacial score (nSPS) is 10.7. The average Bonchev–Trinajstić information content (AvgIpc) is 2.53. The second-order valence-corrected chi connectivity index (χ2v) is 5.28. The van der Waals surface area contributed by atoms with Gasteiger partial charge in [0.05, 0.1) is 5.52 Å². The summed E-state index contributed by atoms with van der Waals surface area (Å²) in [5, 5.41) is 19.8. The first kappa shape index (κ1) is 15.0. The van der Waals surface area contributed by atoms with E-state index in [2.05, 4.69) is 4.98 Å². The summed E-state index contributed by atoms with van der Waals surface area (Å²) in [4.78, 5) is 27.2. The van der Waals surface area contributed by atoms with E-state index in [1.807, 2.05) is 0 Å². The summed E-state index contributed by atoms with van der Waals surface area (Å²) in [7, 11) is 0. The van der Waals surface area contributed by atoms with E-state index >= 15 is 0 Å². The van der Waals surface area contributed by atoms with Gasteiger partial charge in [-0.05, 0) is 23.8 Å². The Labute approximate surface area is 135 Å². The number of nitrogens with zero attached hydrogens (tertiary/aromatic N) is 1. The summed E-state index contributed by atoms with van der Waals surface area (Å²) >= 11 is 6.02. The van der Waals surface area contributed by atoms with Crippen LogP contribution < -0.4 is 0 Å². The lowest BCUT2D eigenvalue weighted by Crippen LogP contribution is -2.13. The van der Waals surface area contributed by atoms with Crippen LogP contribution in [0.3, 0.4) is 0 Å². The summed E-state index contributed by atoms with van der Waals surface area (Å²) < 4.78 is 0. The maximum atomic E-state index is 11.7. The van der Waals surface area contributed by atoms with Crippen molar-refractivity contribution in [1.29, 1.82) is 0 Å². The molecule has 0 fully saturated rings. The zero-order valence-electron chi connectivity index (χ0n) is 11.7. The number of aromatic nitrogens is 1. The molecular weight excluding hydrogens is 318 g/mol. The minimum atomic E-state index is -1.39. The predicted octanol–water partition coefficient (Wildman–Crippen LogP) is 3.95. The number of halogens is 1. The molecule has 2 N–H and O–H groups in total. The van der Waals surface area contributed by atoms with E-state index < -0.39 is 17.6 Å². The number of benzene rings is 2. The zero-order valence-corrected chi connectivity index (χ0v) is 12.4. The monoisotopic (exact) mass is 327 g/mol. The van der Waals surface area contributed by atoms with Crippen molar-refractivity contribution in [1.82, 2.24) is 4.98 Å². The highest BCUT2D eigenvalue weighted by molar-refractivity contribution is 6.31. The van der Waals surface area contributed by atoms with E-state index in [4.69, 9.17) is 11.6 Å². The average molecular weight is 328 g/mol.